The smallest absolute Gasteiger partial charge is 0.237 e. The second-order valence-corrected chi connectivity index (χ2v) is 7.37. The number of hydrogen-bond donors (Lipinski definition) is 1. The summed E-state index contributed by atoms with van der Waals surface area (Å²) in [7, 11) is 3.25. The molecule has 1 heterocycles. The van der Waals surface area contributed by atoms with Crippen LogP contribution in [0.1, 0.15) is 29.2 Å². The molecule has 0 aliphatic carbocycles. The fourth-order valence-corrected chi connectivity index (χ4v) is 3.87. The van der Waals surface area contributed by atoms with Crippen LogP contribution < -0.4 is 14.8 Å². The van der Waals surface area contributed by atoms with Crippen molar-refractivity contribution in [2.24, 2.45) is 0 Å². The Bertz CT molecular complexity index is 878. The molecule has 1 N–H and O–H groups in total. The van der Waals surface area contributed by atoms with Crippen LogP contribution >= 0.6 is 0 Å². The molecular weight excluding hydrogens is 364 g/mol. The van der Waals surface area contributed by atoms with E-state index in [0.29, 0.717) is 24.5 Å². The van der Waals surface area contributed by atoms with Gasteiger partial charge in [-0.05, 0) is 48.6 Å². The molecule has 0 aromatic heterocycles. The molecule has 0 fully saturated rings. The Morgan fingerprint density at radius 3 is 2.69 bits per heavy atom. The van der Waals surface area contributed by atoms with Crippen LogP contribution in [-0.4, -0.2) is 37.6 Å². The highest BCUT2D eigenvalue weighted by Crippen LogP contribution is 2.33. The second kappa shape index (κ2) is 9.61. The van der Waals surface area contributed by atoms with E-state index in [9.17, 15) is 4.79 Å². The summed E-state index contributed by atoms with van der Waals surface area (Å²) in [5, 5.41) is 3.08. The number of nitrogens with zero attached hydrogens (tertiary/aromatic N) is 1. The number of amides is 1. The van der Waals surface area contributed by atoms with E-state index in [-0.39, 0.29) is 11.9 Å². The van der Waals surface area contributed by atoms with Crippen LogP contribution in [0.5, 0.6) is 11.5 Å². The van der Waals surface area contributed by atoms with Gasteiger partial charge in [0.2, 0.25) is 5.91 Å². The van der Waals surface area contributed by atoms with Gasteiger partial charge in [0.15, 0.2) is 11.5 Å². The number of methoxy groups -OCH3 is 2. The van der Waals surface area contributed by atoms with E-state index in [1.807, 2.05) is 25.1 Å². The van der Waals surface area contributed by atoms with Crippen LogP contribution in [0.4, 0.5) is 0 Å². The highest BCUT2D eigenvalue weighted by Gasteiger charge is 2.25. The predicted molar refractivity (Wildman–Crippen MR) is 115 cm³/mol. The lowest BCUT2D eigenvalue weighted by molar-refractivity contribution is -0.126. The zero-order valence-corrected chi connectivity index (χ0v) is 17.5. The first-order valence-electron chi connectivity index (χ1n) is 10.0. The lowest BCUT2D eigenvalue weighted by Gasteiger charge is -2.32. The maximum absolute atomic E-state index is 12.8. The molecule has 0 radical (unpaired) electrons. The fourth-order valence-electron chi connectivity index (χ4n) is 3.87. The minimum Gasteiger partial charge on any atom is -0.493 e. The third-order valence-corrected chi connectivity index (χ3v) is 5.53. The van der Waals surface area contributed by atoms with Crippen molar-refractivity contribution in [3.8, 4) is 11.5 Å². The van der Waals surface area contributed by atoms with Gasteiger partial charge >= 0.3 is 0 Å². The maximum Gasteiger partial charge on any atom is 0.237 e. The van der Waals surface area contributed by atoms with Gasteiger partial charge in [-0.1, -0.05) is 30.3 Å². The van der Waals surface area contributed by atoms with E-state index in [4.69, 9.17) is 9.47 Å². The number of carbonyl (C=O) groups is 1. The summed E-state index contributed by atoms with van der Waals surface area (Å²) in [6, 6.07) is 12.2. The van der Waals surface area contributed by atoms with E-state index >= 15 is 0 Å². The fraction of sp³-hybridized carbons (Fsp3) is 0.375. The molecule has 3 rings (SSSR count). The third kappa shape index (κ3) is 4.80. The quantitative estimate of drug-likeness (QED) is 0.697. The molecule has 29 heavy (non-hydrogen) atoms. The SMILES string of the molecule is C=CCc1cc(CNC(=O)C(C)N2CCc3ccccc3C2)cc(OC)c1OC. The molecule has 154 valence electrons. The zero-order valence-electron chi connectivity index (χ0n) is 17.5. The van der Waals surface area contributed by atoms with Gasteiger partial charge in [-0.3, -0.25) is 9.69 Å². The average molecular weight is 395 g/mol. The van der Waals surface area contributed by atoms with Crippen molar-refractivity contribution in [2.45, 2.75) is 38.9 Å². The van der Waals surface area contributed by atoms with Crippen LogP contribution in [-0.2, 0) is 30.7 Å². The molecule has 5 nitrogen and oxygen atoms in total. The van der Waals surface area contributed by atoms with E-state index < -0.39 is 0 Å². The lowest BCUT2D eigenvalue weighted by Crippen LogP contribution is -2.46. The van der Waals surface area contributed by atoms with E-state index in [1.54, 1.807) is 14.2 Å². The van der Waals surface area contributed by atoms with Crippen LogP contribution in [0.15, 0.2) is 49.1 Å². The highest BCUT2D eigenvalue weighted by molar-refractivity contribution is 5.81. The first-order chi connectivity index (χ1) is 14.1. The molecule has 0 bridgehead atoms. The zero-order chi connectivity index (χ0) is 20.8. The largest absolute Gasteiger partial charge is 0.493 e. The van der Waals surface area contributed by atoms with Crippen molar-refractivity contribution in [3.63, 3.8) is 0 Å². The van der Waals surface area contributed by atoms with Crippen LogP contribution in [0.2, 0.25) is 0 Å². The van der Waals surface area contributed by atoms with E-state index in [1.165, 1.54) is 11.1 Å². The number of fused-ring (bicyclic) bond motifs is 1. The highest BCUT2D eigenvalue weighted by atomic mass is 16.5. The normalized spacial score (nSPS) is 14.6. The monoisotopic (exact) mass is 394 g/mol. The predicted octanol–water partition coefficient (Wildman–Crippen LogP) is 3.50. The first-order valence-corrected chi connectivity index (χ1v) is 10.0. The summed E-state index contributed by atoms with van der Waals surface area (Å²) < 4.78 is 10.9. The van der Waals surface area contributed by atoms with Crippen molar-refractivity contribution in [2.75, 3.05) is 20.8 Å². The van der Waals surface area contributed by atoms with Crippen molar-refractivity contribution in [1.82, 2.24) is 10.2 Å². The van der Waals surface area contributed by atoms with E-state index in [2.05, 4.69) is 41.1 Å². The van der Waals surface area contributed by atoms with Gasteiger partial charge in [-0.15, -0.1) is 6.58 Å². The Kier molecular flexibility index (Phi) is 6.94. The number of benzene rings is 2. The molecule has 5 heteroatoms. The summed E-state index contributed by atoms with van der Waals surface area (Å²) in [5.74, 6) is 1.41. The molecule has 1 aliphatic rings. The minimum atomic E-state index is -0.184. The third-order valence-electron chi connectivity index (χ3n) is 5.53. The number of hydrogen-bond acceptors (Lipinski definition) is 4. The summed E-state index contributed by atoms with van der Waals surface area (Å²) in [6.45, 7) is 7.93. The number of ether oxygens (including phenoxy) is 2. The first kappa shape index (κ1) is 20.9. The average Bonchev–Trinajstić information content (AvgIpc) is 2.76. The van der Waals surface area contributed by atoms with Gasteiger partial charge in [-0.2, -0.15) is 0 Å². The molecule has 1 amide bonds. The number of carbonyl (C=O) groups excluding carboxylic acids is 1. The van der Waals surface area contributed by atoms with Crippen molar-refractivity contribution in [1.29, 1.82) is 0 Å². The number of rotatable bonds is 8. The topological polar surface area (TPSA) is 50.8 Å². The molecule has 1 atom stereocenters. The lowest BCUT2D eigenvalue weighted by atomic mass is 9.98. The molecular formula is C24H30N2O3. The number of allylic oxidation sites excluding steroid dienone is 1. The Balaban J connectivity index is 1.66. The Hall–Kier alpha value is -2.79. The molecule has 1 unspecified atom stereocenters. The van der Waals surface area contributed by atoms with Crippen LogP contribution in [0.3, 0.4) is 0 Å². The van der Waals surface area contributed by atoms with E-state index in [0.717, 1.165) is 30.6 Å². The molecule has 2 aromatic rings. The van der Waals surface area contributed by atoms with Gasteiger partial charge < -0.3 is 14.8 Å². The molecule has 0 spiro atoms. The van der Waals surface area contributed by atoms with Crippen molar-refractivity contribution >= 4 is 5.91 Å². The van der Waals surface area contributed by atoms with Crippen LogP contribution in [0.25, 0.3) is 0 Å². The Morgan fingerprint density at radius 2 is 2.00 bits per heavy atom. The Morgan fingerprint density at radius 1 is 1.24 bits per heavy atom. The summed E-state index contributed by atoms with van der Waals surface area (Å²) >= 11 is 0. The maximum atomic E-state index is 12.8. The van der Waals surface area contributed by atoms with Gasteiger partial charge in [0.1, 0.15) is 0 Å². The number of nitrogens with one attached hydrogen (secondary N) is 1. The molecule has 0 saturated carbocycles. The van der Waals surface area contributed by atoms with Crippen molar-refractivity contribution < 1.29 is 14.3 Å². The summed E-state index contributed by atoms with van der Waals surface area (Å²) in [6.07, 6.45) is 3.48. The van der Waals surface area contributed by atoms with Gasteiger partial charge in [0.25, 0.3) is 0 Å². The summed E-state index contributed by atoms with van der Waals surface area (Å²) in [4.78, 5) is 15.0. The summed E-state index contributed by atoms with van der Waals surface area (Å²) in [5.41, 5.74) is 4.67. The minimum absolute atomic E-state index is 0.0319. The molecule has 1 aliphatic heterocycles. The second-order valence-electron chi connectivity index (χ2n) is 7.37. The Labute approximate surface area is 173 Å². The van der Waals surface area contributed by atoms with Crippen molar-refractivity contribution in [3.05, 3.63) is 71.3 Å². The molecule has 2 aromatic carbocycles. The van der Waals surface area contributed by atoms with Gasteiger partial charge in [-0.25, -0.2) is 0 Å². The van der Waals surface area contributed by atoms with Gasteiger partial charge in [0.05, 0.1) is 20.3 Å². The van der Waals surface area contributed by atoms with Gasteiger partial charge in [0, 0.05) is 25.2 Å². The molecule has 0 saturated heterocycles. The van der Waals surface area contributed by atoms with Crippen LogP contribution in [0, 0.1) is 0 Å². The standard InChI is InChI=1S/C24H30N2O3/c1-5-8-20-13-18(14-22(28-3)23(20)29-4)15-25-24(27)17(2)26-12-11-19-9-6-7-10-21(19)16-26/h5-7,9-10,13-14,17H,1,8,11-12,15-16H2,2-4H3,(H,25,27).